The van der Waals surface area contributed by atoms with Crippen molar-refractivity contribution in [3.8, 4) is 0 Å². The van der Waals surface area contributed by atoms with Gasteiger partial charge in [0.1, 0.15) is 5.82 Å². The largest absolute Gasteiger partial charge is 0.409 e. The van der Waals surface area contributed by atoms with Crippen molar-refractivity contribution in [1.82, 2.24) is 4.98 Å². The van der Waals surface area contributed by atoms with Crippen molar-refractivity contribution in [2.45, 2.75) is 39.3 Å². The van der Waals surface area contributed by atoms with Crippen LogP contribution in [-0.2, 0) is 4.74 Å². The molecule has 0 aromatic carbocycles. The number of ether oxygens (including phenoxy) is 1. The second kappa shape index (κ2) is 5.66. The summed E-state index contributed by atoms with van der Waals surface area (Å²) in [4.78, 5) is 6.65. The third-order valence-electron chi connectivity index (χ3n) is 3.86. The number of nitrogens with zero attached hydrogens (tertiary/aromatic N) is 3. The van der Waals surface area contributed by atoms with Crippen molar-refractivity contribution in [2.24, 2.45) is 10.9 Å². The van der Waals surface area contributed by atoms with Crippen LogP contribution in [0.4, 0.5) is 5.82 Å². The second-order valence-corrected chi connectivity index (χ2v) is 5.31. The van der Waals surface area contributed by atoms with Crippen LogP contribution in [0, 0.1) is 13.8 Å². The summed E-state index contributed by atoms with van der Waals surface area (Å²) in [5, 5.41) is 12.1. The molecule has 3 N–H and O–H groups in total. The zero-order chi connectivity index (χ0) is 14.9. The van der Waals surface area contributed by atoms with Crippen LogP contribution in [0.2, 0.25) is 0 Å². The molecule has 1 saturated heterocycles. The molecule has 2 heterocycles. The first kappa shape index (κ1) is 14.6. The Bertz CT molecular complexity index is 530. The fourth-order valence-electron chi connectivity index (χ4n) is 2.82. The molecule has 2 atom stereocenters. The van der Waals surface area contributed by atoms with Crippen molar-refractivity contribution < 1.29 is 9.94 Å². The summed E-state index contributed by atoms with van der Waals surface area (Å²) >= 11 is 0. The van der Waals surface area contributed by atoms with Crippen LogP contribution in [0.1, 0.15) is 30.2 Å². The molecule has 2 unspecified atom stereocenters. The Morgan fingerprint density at radius 3 is 2.80 bits per heavy atom. The predicted octanol–water partition coefficient (Wildman–Crippen LogP) is 1.41. The molecule has 20 heavy (non-hydrogen) atoms. The number of rotatable bonds is 3. The molecule has 0 bridgehead atoms. The Balaban J connectivity index is 2.49. The molecular weight excluding hydrogens is 256 g/mol. The van der Waals surface area contributed by atoms with Gasteiger partial charge in [0.15, 0.2) is 5.84 Å². The average molecular weight is 278 g/mol. The van der Waals surface area contributed by atoms with Gasteiger partial charge in [-0.3, -0.25) is 0 Å². The van der Waals surface area contributed by atoms with E-state index in [0.29, 0.717) is 5.56 Å². The number of amidine groups is 1. The van der Waals surface area contributed by atoms with E-state index in [0.717, 1.165) is 30.1 Å². The highest BCUT2D eigenvalue weighted by atomic mass is 16.5. The molecule has 1 aliphatic rings. The molecule has 110 valence electrons. The maximum Gasteiger partial charge on any atom is 0.174 e. The number of aryl methyl sites for hydroxylation is 2. The predicted molar refractivity (Wildman–Crippen MR) is 78.4 cm³/mol. The Morgan fingerprint density at radius 1 is 1.55 bits per heavy atom. The quantitative estimate of drug-likeness (QED) is 0.378. The molecule has 0 aliphatic carbocycles. The van der Waals surface area contributed by atoms with E-state index in [1.165, 1.54) is 0 Å². The SMILES string of the molecule is Cc1cc(C)c(/C(N)=N/O)c(N(C)C2CCOC2C)n1. The zero-order valence-electron chi connectivity index (χ0n) is 12.4. The topological polar surface area (TPSA) is 84.0 Å². The van der Waals surface area contributed by atoms with E-state index in [9.17, 15) is 0 Å². The summed E-state index contributed by atoms with van der Waals surface area (Å²) in [6, 6.07) is 2.17. The molecule has 0 amide bonds. The molecule has 0 radical (unpaired) electrons. The van der Waals surface area contributed by atoms with E-state index in [1.54, 1.807) is 0 Å². The lowest BCUT2D eigenvalue weighted by molar-refractivity contribution is 0.118. The molecule has 1 aromatic heterocycles. The lowest BCUT2D eigenvalue weighted by atomic mass is 10.1. The van der Waals surface area contributed by atoms with E-state index >= 15 is 0 Å². The lowest BCUT2D eigenvalue weighted by Gasteiger charge is -2.30. The highest BCUT2D eigenvalue weighted by Crippen LogP contribution is 2.27. The number of hydrogen-bond acceptors (Lipinski definition) is 5. The van der Waals surface area contributed by atoms with Crippen LogP contribution in [0.5, 0.6) is 0 Å². The van der Waals surface area contributed by atoms with Gasteiger partial charge in [0, 0.05) is 19.3 Å². The standard InChI is InChI=1S/C14H22N4O2/c1-8-7-9(2)16-14(12(8)13(15)17-19)18(4)11-5-6-20-10(11)3/h7,10-11,19H,5-6H2,1-4H3,(H2,15,17). The third-order valence-corrected chi connectivity index (χ3v) is 3.86. The molecule has 1 aromatic rings. The summed E-state index contributed by atoms with van der Waals surface area (Å²) in [5.74, 6) is 0.823. The second-order valence-electron chi connectivity index (χ2n) is 5.31. The van der Waals surface area contributed by atoms with Crippen LogP contribution in [-0.4, -0.2) is 41.8 Å². The van der Waals surface area contributed by atoms with Crippen LogP contribution >= 0.6 is 0 Å². The fraction of sp³-hybridized carbons (Fsp3) is 0.571. The minimum absolute atomic E-state index is 0.0865. The van der Waals surface area contributed by atoms with Gasteiger partial charge in [-0.1, -0.05) is 5.16 Å². The molecule has 1 fully saturated rings. The Labute approximate surface area is 119 Å². The molecule has 0 saturated carbocycles. The maximum atomic E-state index is 9.00. The van der Waals surface area contributed by atoms with E-state index in [4.69, 9.17) is 15.7 Å². The number of nitrogens with two attached hydrogens (primary N) is 1. The fourth-order valence-corrected chi connectivity index (χ4v) is 2.82. The van der Waals surface area contributed by atoms with Crippen molar-refractivity contribution in [3.05, 3.63) is 22.9 Å². The monoisotopic (exact) mass is 278 g/mol. The molecule has 0 spiro atoms. The van der Waals surface area contributed by atoms with Gasteiger partial charge < -0.3 is 20.6 Å². The smallest absolute Gasteiger partial charge is 0.174 e. The van der Waals surface area contributed by atoms with Crippen molar-refractivity contribution >= 4 is 11.7 Å². The van der Waals surface area contributed by atoms with Gasteiger partial charge in [0.05, 0.1) is 17.7 Å². The maximum absolute atomic E-state index is 9.00. The molecule has 2 rings (SSSR count). The number of hydrogen-bond donors (Lipinski definition) is 2. The number of oxime groups is 1. The van der Waals surface area contributed by atoms with Crippen molar-refractivity contribution in [2.75, 3.05) is 18.6 Å². The van der Waals surface area contributed by atoms with E-state index in [-0.39, 0.29) is 18.0 Å². The van der Waals surface area contributed by atoms with Crippen molar-refractivity contribution in [1.29, 1.82) is 0 Å². The van der Waals surface area contributed by atoms with Gasteiger partial charge in [-0.05, 0) is 38.8 Å². The Morgan fingerprint density at radius 2 is 2.25 bits per heavy atom. The number of likely N-dealkylation sites (N-methyl/N-ethyl adjacent to an activating group) is 1. The first-order valence-corrected chi connectivity index (χ1v) is 6.76. The summed E-state index contributed by atoms with van der Waals surface area (Å²) in [6.07, 6.45) is 1.09. The highest BCUT2D eigenvalue weighted by Gasteiger charge is 2.30. The van der Waals surface area contributed by atoms with Crippen LogP contribution in [0.25, 0.3) is 0 Å². The van der Waals surface area contributed by atoms with Gasteiger partial charge in [-0.2, -0.15) is 0 Å². The van der Waals surface area contributed by atoms with Gasteiger partial charge >= 0.3 is 0 Å². The van der Waals surface area contributed by atoms with Crippen LogP contribution < -0.4 is 10.6 Å². The minimum atomic E-state index is 0.0865. The highest BCUT2D eigenvalue weighted by molar-refractivity contribution is 6.02. The number of anilines is 1. The summed E-state index contributed by atoms with van der Waals surface area (Å²) < 4.78 is 5.61. The Kier molecular flexibility index (Phi) is 4.13. The lowest BCUT2D eigenvalue weighted by Crippen LogP contribution is -2.39. The average Bonchev–Trinajstić information content (AvgIpc) is 2.82. The van der Waals surface area contributed by atoms with Crippen LogP contribution in [0.15, 0.2) is 11.2 Å². The van der Waals surface area contributed by atoms with E-state index in [2.05, 4.69) is 22.0 Å². The molecule has 6 heteroatoms. The van der Waals surface area contributed by atoms with Gasteiger partial charge in [0.2, 0.25) is 0 Å². The first-order valence-electron chi connectivity index (χ1n) is 6.76. The number of aromatic nitrogens is 1. The normalized spacial score (nSPS) is 23.1. The van der Waals surface area contributed by atoms with Crippen LogP contribution in [0.3, 0.4) is 0 Å². The van der Waals surface area contributed by atoms with Gasteiger partial charge in [-0.15, -0.1) is 0 Å². The minimum Gasteiger partial charge on any atom is -0.409 e. The summed E-state index contributed by atoms with van der Waals surface area (Å²) in [7, 11) is 1.98. The summed E-state index contributed by atoms with van der Waals surface area (Å²) in [5.41, 5.74) is 8.35. The number of pyridine rings is 1. The Hall–Kier alpha value is -1.82. The van der Waals surface area contributed by atoms with E-state index in [1.807, 2.05) is 27.0 Å². The van der Waals surface area contributed by atoms with E-state index < -0.39 is 0 Å². The first-order chi connectivity index (χ1) is 9.45. The van der Waals surface area contributed by atoms with Gasteiger partial charge in [-0.25, -0.2) is 4.98 Å². The zero-order valence-corrected chi connectivity index (χ0v) is 12.4. The molecule has 1 aliphatic heterocycles. The third kappa shape index (κ3) is 2.56. The van der Waals surface area contributed by atoms with Crippen molar-refractivity contribution in [3.63, 3.8) is 0 Å². The summed E-state index contributed by atoms with van der Waals surface area (Å²) in [6.45, 7) is 6.68. The molecule has 6 nitrogen and oxygen atoms in total. The van der Waals surface area contributed by atoms with Gasteiger partial charge in [0.25, 0.3) is 0 Å². The molecular formula is C14H22N4O2.